The molecule has 0 aliphatic carbocycles. The van der Waals surface area contributed by atoms with E-state index in [0.29, 0.717) is 4.57 Å². The van der Waals surface area contributed by atoms with E-state index in [9.17, 15) is 18.8 Å². The number of benzene rings is 1. The Morgan fingerprint density at radius 2 is 2.12 bits per heavy atom. The molecule has 0 aliphatic heterocycles. The summed E-state index contributed by atoms with van der Waals surface area (Å²) >= 11 is 0. The van der Waals surface area contributed by atoms with Crippen molar-refractivity contribution in [1.29, 1.82) is 0 Å². The largest absolute Gasteiger partial charge is 0.349 e. The zero-order chi connectivity index (χ0) is 17.3. The van der Waals surface area contributed by atoms with Gasteiger partial charge in [0.05, 0.1) is 5.69 Å². The molecule has 0 saturated carbocycles. The van der Waals surface area contributed by atoms with Crippen molar-refractivity contribution in [3.63, 3.8) is 0 Å². The molecule has 0 saturated heterocycles. The van der Waals surface area contributed by atoms with Gasteiger partial charge in [-0.1, -0.05) is 11.2 Å². The van der Waals surface area contributed by atoms with Crippen LogP contribution in [0, 0.1) is 5.82 Å². The van der Waals surface area contributed by atoms with Crippen LogP contribution in [-0.2, 0) is 7.05 Å². The Kier molecular flexibility index (Phi) is 3.69. The SMILES string of the molecule is Cn1nnnc1NC(=O)c1n[nH]c(=O)n(-c2cccc(F)c2)c1=O. The lowest BCUT2D eigenvalue weighted by atomic mass is 10.3. The maximum atomic E-state index is 13.3. The van der Waals surface area contributed by atoms with Crippen LogP contribution in [0.3, 0.4) is 0 Å². The highest BCUT2D eigenvalue weighted by molar-refractivity contribution is 6.01. The minimum absolute atomic E-state index is 0.0234. The molecule has 0 fully saturated rings. The van der Waals surface area contributed by atoms with E-state index in [-0.39, 0.29) is 11.6 Å². The zero-order valence-corrected chi connectivity index (χ0v) is 12.1. The molecular weight excluding hydrogens is 323 g/mol. The van der Waals surface area contributed by atoms with E-state index in [4.69, 9.17) is 0 Å². The fourth-order valence-electron chi connectivity index (χ4n) is 1.89. The fourth-order valence-corrected chi connectivity index (χ4v) is 1.89. The van der Waals surface area contributed by atoms with Gasteiger partial charge in [-0.25, -0.2) is 23.5 Å². The number of aryl methyl sites for hydroxylation is 1. The van der Waals surface area contributed by atoms with Crippen molar-refractivity contribution in [2.24, 2.45) is 7.05 Å². The van der Waals surface area contributed by atoms with E-state index in [1.54, 1.807) is 0 Å². The molecule has 1 amide bonds. The maximum Gasteiger partial charge on any atom is 0.349 e. The Labute approximate surface area is 131 Å². The second-order valence-electron chi connectivity index (χ2n) is 4.58. The number of nitrogens with one attached hydrogen (secondary N) is 2. The van der Waals surface area contributed by atoms with Gasteiger partial charge in [0.1, 0.15) is 5.82 Å². The summed E-state index contributed by atoms with van der Waals surface area (Å²) < 4.78 is 15.1. The quantitative estimate of drug-likeness (QED) is 0.616. The van der Waals surface area contributed by atoms with Crippen molar-refractivity contribution in [3.05, 3.63) is 56.6 Å². The number of halogens is 1. The maximum absolute atomic E-state index is 13.3. The minimum Gasteiger partial charge on any atom is -0.288 e. The van der Waals surface area contributed by atoms with E-state index in [1.807, 2.05) is 5.10 Å². The van der Waals surface area contributed by atoms with E-state index < -0.39 is 28.7 Å². The predicted octanol–water partition coefficient (Wildman–Crippen LogP) is -1.16. The zero-order valence-electron chi connectivity index (χ0n) is 12.1. The molecule has 11 nitrogen and oxygen atoms in total. The third-order valence-electron chi connectivity index (χ3n) is 3.00. The Bertz CT molecular complexity index is 1040. The molecule has 0 spiro atoms. The molecule has 0 atom stereocenters. The van der Waals surface area contributed by atoms with Crippen molar-refractivity contribution in [3.8, 4) is 5.69 Å². The number of H-pyrrole nitrogens is 1. The van der Waals surface area contributed by atoms with Gasteiger partial charge in [0.25, 0.3) is 11.5 Å². The average Bonchev–Trinajstić information content (AvgIpc) is 2.92. The van der Waals surface area contributed by atoms with Gasteiger partial charge in [-0.15, -0.1) is 0 Å². The van der Waals surface area contributed by atoms with Crippen molar-refractivity contribution >= 4 is 11.9 Å². The summed E-state index contributed by atoms with van der Waals surface area (Å²) in [4.78, 5) is 36.4. The summed E-state index contributed by atoms with van der Waals surface area (Å²) in [5, 5.41) is 18.1. The standard InChI is InChI=1S/C12H9FN8O3/c1-20-11(16-18-19-20)14-9(22)8-10(23)21(12(24)17-15-8)7-4-2-3-6(13)5-7/h2-5H,1H3,(H,17,24)(H,14,16,19,22). The number of hydrogen-bond donors (Lipinski definition) is 2. The predicted molar refractivity (Wildman–Crippen MR) is 77.2 cm³/mol. The highest BCUT2D eigenvalue weighted by Crippen LogP contribution is 2.05. The molecule has 2 aromatic heterocycles. The number of aromatic nitrogens is 7. The van der Waals surface area contributed by atoms with Crippen LogP contribution in [0.4, 0.5) is 10.3 Å². The summed E-state index contributed by atoms with van der Waals surface area (Å²) in [6, 6.07) is 4.79. The van der Waals surface area contributed by atoms with Crippen molar-refractivity contribution in [2.45, 2.75) is 0 Å². The summed E-state index contributed by atoms with van der Waals surface area (Å²) in [7, 11) is 1.47. The number of rotatable bonds is 3. The Morgan fingerprint density at radius 1 is 1.33 bits per heavy atom. The average molecular weight is 332 g/mol. The van der Waals surface area contributed by atoms with E-state index in [2.05, 4.69) is 25.9 Å². The lowest BCUT2D eigenvalue weighted by molar-refractivity contribution is 0.101. The van der Waals surface area contributed by atoms with Crippen LogP contribution >= 0.6 is 0 Å². The monoisotopic (exact) mass is 332 g/mol. The van der Waals surface area contributed by atoms with Gasteiger partial charge in [0.15, 0.2) is 0 Å². The van der Waals surface area contributed by atoms with Crippen LogP contribution < -0.4 is 16.6 Å². The molecule has 0 aliphatic rings. The molecule has 3 rings (SSSR count). The van der Waals surface area contributed by atoms with Crippen LogP contribution in [0.5, 0.6) is 0 Å². The molecule has 24 heavy (non-hydrogen) atoms. The number of tetrazole rings is 1. The van der Waals surface area contributed by atoms with Gasteiger partial charge in [0.2, 0.25) is 11.6 Å². The summed E-state index contributed by atoms with van der Waals surface area (Å²) in [6.07, 6.45) is 0. The van der Waals surface area contributed by atoms with Crippen molar-refractivity contribution in [1.82, 2.24) is 35.0 Å². The second kappa shape index (κ2) is 5.83. The molecule has 2 heterocycles. The second-order valence-corrected chi connectivity index (χ2v) is 4.58. The first-order valence-electron chi connectivity index (χ1n) is 6.49. The Balaban J connectivity index is 2.06. The number of carbonyl (C=O) groups is 1. The van der Waals surface area contributed by atoms with E-state index in [1.165, 1.54) is 19.2 Å². The summed E-state index contributed by atoms with van der Waals surface area (Å²) in [5.74, 6) is -1.60. The molecule has 122 valence electrons. The van der Waals surface area contributed by atoms with Gasteiger partial charge in [0, 0.05) is 7.05 Å². The molecule has 3 aromatic rings. The van der Waals surface area contributed by atoms with Crippen molar-refractivity contribution < 1.29 is 9.18 Å². The number of hydrogen-bond acceptors (Lipinski definition) is 7. The van der Waals surface area contributed by atoms with Crippen molar-refractivity contribution in [2.75, 3.05) is 5.32 Å². The van der Waals surface area contributed by atoms with Crippen LogP contribution in [0.25, 0.3) is 5.69 Å². The molecule has 2 N–H and O–H groups in total. The smallest absolute Gasteiger partial charge is 0.288 e. The van der Waals surface area contributed by atoms with Gasteiger partial charge in [-0.3, -0.25) is 14.9 Å². The van der Waals surface area contributed by atoms with E-state index >= 15 is 0 Å². The number of nitrogens with zero attached hydrogens (tertiary/aromatic N) is 6. The van der Waals surface area contributed by atoms with Crippen LogP contribution in [0.1, 0.15) is 10.5 Å². The first kappa shape index (κ1) is 15.2. The number of aromatic amines is 1. The Hall–Kier alpha value is -3.70. The number of carbonyl (C=O) groups excluding carboxylic acids is 1. The summed E-state index contributed by atoms with van der Waals surface area (Å²) in [6.45, 7) is 0. The van der Waals surface area contributed by atoms with Gasteiger partial charge in [-0.05, 0) is 28.6 Å². The number of anilines is 1. The molecule has 0 unspecified atom stereocenters. The lowest BCUT2D eigenvalue weighted by Gasteiger charge is -2.06. The molecule has 1 aromatic carbocycles. The van der Waals surface area contributed by atoms with Gasteiger partial charge < -0.3 is 0 Å². The molecule has 12 heteroatoms. The molecular formula is C12H9FN8O3. The molecule has 0 bridgehead atoms. The molecule has 0 radical (unpaired) electrons. The first-order chi connectivity index (χ1) is 11.5. The van der Waals surface area contributed by atoms with Crippen LogP contribution in [0.15, 0.2) is 33.9 Å². The normalized spacial score (nSPS) is 10.6. The lowest BCUT2D eigenvalue weighted by Crippen LogP contribution is -2.40. The highest BCUT2D eigenvalue weighted by Gasteiger charge is 2.19. The van der Waals surface area contributed by atoms with Gasteiger partial charge in [-0.2, -0.15) is 5.10 Å². The van der Waals surface area contributed by atoms with Gasteiger partial charge >= 0.3 is 5.69 Å². The van der Waals surface area contributed by atoms with Crippen LogP contribution in [0.2, 0.25) is 0 Å². The topological polar surface area (TPSA) is 140 Å². The number of amides is 1. The third kappa shape index (κ3) is 2.67. The minimum atomic E-state index is -1.02. The van der Waals surface area contributed by atoms with Crippen LogP contribution in [-0.4, -0.2) is 40.9 Å². The third-order valence-corrected chi connectivity index (χ3v) is 3.00. The van der Waals surface area contributed by atoms with E-state index in [0.717, 1.165) is 16.8 Å². The fraction of sp³-hybridized carbons (Fsp3) is 0.0833. The Morgan fingerprint density at radius 3 is 2.79 bits per heavy atom. The highest BCUT2D eigenvalue weighted by atomic mass is 19.1. The summed E-state index contributed by atoms with van der Waals surface area (Å²) in [5.41, 5.74) is -2.58. The first-order valence-corrected chi connectivity index (χ1v) is 6.49.